The zero-order chi connectivity index (χ0) is 15.9. The fraction of sp³-hybridized carbons (Fsp3) is 0.500. The van der Waals surface area contributed by atoms with Crippen LogP contribution in [0, 0.1) is 17.8 Å². The number of carboxylic acids is 2. The van der Waals surface area contributed by atoms with E-state index in [2.05, 4.69) is 12.1 Å². The summed E-state index contributed by atoms with van der Waals surface area (Å²) in [6.07, 6.45) is 1.25. The molecule has 2 aliphatic carbocycles. The zero-order valence-electron chi connectivity index (χ0n) is 12.0. The van der Waals surface area contributed by atoms with Crippen LogP contribution in [0.25, 0.3) is 0 Å². The van der Waals surface area contributed by atoms with Crippen LogP contribution in [0.1, 0.15) is 12.0 Å². The highest BCUT2D eigenvalue weighted by Crippen LogP contribution is 2.64. The van der Waals surface area contributed by atoms with Gasteiger partial charge in [-0.05, 0) is 30.1 Å². The Bertz CT molecular complexity index is 593. The van der Waals surface area contributed by atoms with Crippen molar-refractivity contribution in [3.63, 3.8) is 0 Å². The van der Waals surface area contributed by atoms with Gasteiger partial charge in [-0.15, -0.1) is 0 Å². The summed E-state index contributed by atoms with van der Waals surface area (Å²) in [5, 5.41) is 18.6. The lowest BCUT2D eigenvalue weighted by Gasteiger charge is -2.24. The van der Waals surface area contributed by atoms with Crippen LogP contribution in [0.2, 0.25) is 0 Å². The van der Waals surface area contributed by atoms with Gasteiger partial charge in [0.25, 0.3) is 0 Å². The molecule has 0 heterocycles. The number of nitrogens with two attached hydrogens (primary N) is 1. The Morgan fingerprint density at radius 3 is 2.55 bits per heavy atom. The first kappa shape index (κ1) is 15.4. The zero-order valence-corrected chi connectivity index (χ0v) is 12.8. The van der Waals surface area contributed by atoms with Crippen LogP contribution in [0.15, 0.2) is 30.3 Å². The summed E-state index contributed by atoms with van der Waals surface area (Å²) in [6.45, 7) is 0. The van der Waals surface area contributed by atoms with Crippen LogP contribution in [0.3, 0.4) is 0 Å². The van der Waals surface area contributed by atoms with Gasteiger partial charge in [-0.2, -0.15) is 11.8 Å². The second kappa shape index (κ2) is 5.59. The first-order valence-electron chi connectivity index (χ1n) is 7.36. The molecule has 0 radical (unpaired) electrons. The number of hydrogen-bond donors (Lipinski definition) is 3. The number of aryl methyl sites for hydroxylation is 1. The highest BCUT2D eigenvalue weighted by molar-refractivity contribution is 7.99. The maximum absolute atomic E-state index is 11.4. The quantitative estimate of drug-likeness (QED) is 0.733. The van der Waals surface area contributed by atoms with Gasteiger partial charge in [-0.3, -0.25) is 9.59 Å². The summed E-state index contributed by atoms with van der Waals surface area (Å²) in [5.41, 5.74) is 5.86. The van der Waals surface area contributed by atoms with E-state index in [0.29, 0.717) is 6.42 Å². The summed E-state index contributed by atoms with van der Waals surface area (Å²) >= 11 is 1.66. The van der Waals surface area contributed by atoms with Crippen molar-refractivity contribution in [1.82, 2.24) is 0 Å². The van der Waals surface area contributed by atoms with Gasteiger partial charge in [0, 0.05) is 11.2 Å². The topological polar surface area (TPSA) is 101 Å². The van der Waals surface area contributed by atoms with Gasteiger partial charge in [-0.1, -0.05) is 30.3 Å². The molecule has 1 aromatic rings. The van der Waals surface area contributed by atoms with E-state index in [-0.39, 0.29) is 11.2 Å². The van der Waals surface area contributed by atoms with E-state index in [0.717, 1.165) is 12.2 Å². The van der Waals surface area contributed by atoms with Gasteiger partial charge in [0.05, 0.1) is 5.92 Å². The van der Waals surface area contributed by atoms with Gasteiger partial charge in [0.15, 0.2) is 0 Å². The number of rotatable bonds is 6. The van der Waals surface area contributed by atoms with Crippen molar-refractivity contribution in [2.75, 3.05) is 5.75 Å². The number of fused-ring (bicyclic) bond motifs is 1. The lowest BCUT2D eigenvalue weighted by Crippen LogP contribution is -2.50. The summed E-state index contributed by atoms with van der Waals surface area (Å²) in [7, 11) is 0. The normalized spacial score (nSPS) is 35.9. The third-order valence-electron chi connectivity index (χ3n) is 4.89. The molecule has 5 nitrogen and oxygen atoms in total. The summed E-state index contributed by atoms with van der Waals surface area (Å²) < 4.78 is 0. The lowest BCUT2D eigenvalue weighted by molar-refractivity contribution is -0.145. The number of aliphatic carboxylic acids is 2. The molecule has 4 N–H and O–H groups in total. The van der Waals surface area contributed by atoms with E-state index in [1.807, 2.05) is 18.2 Å². The van der Waals surface area contributed by atoms with Crippen molar-refractivity contribution in [2.45, 2.75) is 23.6 Å². The molecule has 0 bridgehead atoms. The second-order valence-electron chi connectivity index (χ2n) is 6.16. The van der Waals surface area contributed by atoms with Crippen LogP contribution in [-0.4, -0.2) is 38.7 Å². The molecule has 1 aromatic carbocycles. The highest BCUT2D eigenvalue weighted by Gasteiger charge is 2.73. The van der Waals surface area contributed by atoms with Crippen molar-refractivity contribution >= 4 is 23.7 Å². The molecule has 0 amide bonds. The molecular weight excluding hydrogens is 302 g/mol. The maximum Gasteiger partial charge on any atom is 0.324 e. The number of carbonyl (C=O) groups is 2. The molecule has 22 heavy (non-hydrogen) atoms. The van der Waals surface area contributed by atoms with E-state index in [1.165, 1.54) is 5.56 Å². The molecule has 0 spiro atoms. The number of benzene rings is 1. The van der Waals surface area contributed by atoms with Crippen LogP contribution in [-0.2, 0) is 16.0 Å². The van der Waals surface area contributed by atoms with Crippen molar-refractivity contribution in [1.29, 1.82) is 0 Å². The molecule has 2 fully saturated rings. The highest BCUT2D eigenvalue weighted by atomic mass is 32.2. The van der Waals surface area contributed by atoms with E-state index < -0.39 is 29.3 Å². The summed E-state index contributed by atoms with van der Waals surface area (Å²) in [5.74, 6) is -2.25. The van der Waals surface area contributed by atoms with Gasteiger partial charge in [0.1, 0.15) is 5.54 Å². The molecule has 6 heteroatoms. The Hall–Kier alpha value is -1.53. The molecule has 3 rings (SSSR count). The summed E-state index contributed by atoms with van der Waals surface area (Å²) in [4.78, 5) is 22.7. The van der Waals surface area contributed by atoms with E-state index in [4.69, 9.17) is 5.73 Å². The van der Waals surface area contributed by atoms with Gasteiger partial charge < -0.3 is 15.9 Å². The molecule has 0 aromatic heterocycles. The van der Waals surface area contributed by atoms with Crippen molar-refractivity contribution in [3.05, 3.63) is 35.9 Å². The Morgan fingerprint density at radius 1 is 1.27 bits per heavy atom. The monoisotopic (exact) mass is 321 g/mol. The predicted octanol–water partition coefficient (Wildman–Crippen LogP) is 1.46. The molecule has 5 atom stereocenters. The molecule has 0 aliphatic heterocycles. The first-order valence-corrected chi connectivity index (χ1v) is 8.40. The molecule has 2 aliphatic rings. The smallest absolute Gasteiger partial charge is 0.324 e. The average molecular weight is 321 g/mol. The number of hydrogen-bond acceptors (Lipinski definition) is 4. The third-order valence-corrected chi connectivity index (χ3v) is 6.24. The minimum atomic E-state index is -1.38. The van der Waals surface area contributed by atoms with Crippen LogP contribution < -0.4 is 5.73 Å². The fourth-order valence-corrected chi connectivity index (χ4v) is 5.37. The van der Waals surface area contributed by atoms with E-state index >= 15 is 0 Å². The molecule has 118 valence electrons. The van der Waals surface area contributed by atoms with Gasteiger partial charge in [-0.25, -0.2) is 0 Å². The standard InChI is InChI=1S/C16H19NO4S/c17-16(15(20)21)8-10(11-12(13(11)16)14(18)19)22-7-6-9-4-2-1-3-5-9/h1-5,10-13H,6-8,17H2,(H,18,19)(H,20,21)/t10-,11+,12+,13+,16+/m1/s1. The number of carboxylic acid groups (broad SMARTS) is 2. The Kier molecular flexibility index (Phi) is 3.91. The molecule has 0 unspecified atom stereocenters. The van der Waals surface area contributed by atoms with Gasteiger partial charge in [0.2, 0.25) is 0 Å². The van der Waals surface area contributed by atoms with E-state index in [1.54, 1.807) is 11.8 Å². The van der Waals surface area contributed by atoms with Crippen molar-refractivity contribution < 1.29 is 19.8 Å². The summed E-state index contributed by atoms with van der Waals surface area (Å²) in [6, 6.07) is 10.1. The molecule has 0 saturated heterocycles. The average Bonchev–Trinajstić information content (AvgIpc) is 3.17. The second-order valence-corrected chi connectivity index (χ2v) is 7.51. The minimum absolute atomic E-state index is 0.0240. The minimum Gasteiger partial charge on any atom is -0.481 e. The maximum atomic E-state index is 11.4. The van der Waals surface area contributed by atoms with E-state index in [9.17, 15) is 19.8 Å². The fourth-order valence-electron chi connectivity index (χ4n) is 3.76. The Morgan fingerprint density at radius 2 is 1.95 bits per heavy atom. The van der Waals surface area contributed by atoms with Gasteiger partial charge >= 0.3 is 11.9 Å². The third kappa shape index (κ3) is 2.50. The molecular formula is C16H19NO4S. The van der Waals surface area contributed by atoms with Crippen molar-refractivity contribution in [3.8, 4) is 0 Å². The SMILES string of the molecule is N[C@@]1(C(=O)O)C[C@@H](SCCc2ccccc2)[C@H]2[C@H](C(=O)O)[C@H]21. The molecule has 2 saturated carbocycles. The Balaban J connectivity index is 1.62. The lowest BCUT2D eigenvalue weighted by atomic mass is 9.91. The van der Waals surface area contributed by atoms with Crippen LogP contribution in [0.5, 0.6) is 0 Å². The number of thioether (sulfide) groups is 1. The predicted molar refractivity (Wildman–Crippen MR) is 83.7 cm³/mol. The van der Waals surface area contributed by atoms with Crippen LogP contribution in [0.4, 0.5) is 0 Å². The largest absolute Gasteiger partial charge is 0.481 e. The Labute approximate surface area is 132 Å². The van der Waals surface area contributed by atoms with Crippen molar-refractivity contribution in [2.24, 2.45) is 23.5 Å². The first-order chi connectivity index (χ1) is 10.4. The van der Waals surface area contributed by atoms with Crippen LogP contribution >= 0.6 is 11.8 Å².